The number of nitrogen functional groups attached to an aromatic ring is 1. The summed E-state index contributed by atoms with van der Waals surface area (Å²) in [4.78, 5) is 17.0. The van der Waals surface area contributed by atoms with Crippen molar-refractivity contribution in [3.63, 3.8) is 0 Å². The molecule has 1 saturated carbocycles. The topological polar surface area (TPSA) is 89.3 Å². The fourth-order valence-corrected chi connectivity index (χ4v) is 3.94. The van der Waals surface area contributed by atoms with Crippen LogP contribution >= 0.6 is 0 Å². The number of pyridine rings is 1. The second kappa shape index (κ2) is 9.06. The summed E-state index contributed by atoms with van der Waals surface area (Å²) in [7, 11) is 3.64. The zero-order chi connectivity index (χ0) is 20.1. The number of rotatable bonds is 6. The van der Waals surface area contributed by atoms with Crippen molar-refractivity contribution < 1.29 is 9.53 Å². The maximum Gasteiger partial charge on any atom is 0.223 e. The smallest absolute Gasteiger partial charge is 0.223 e. The molecule has 2 aromatic rings. The van der Waals surface area contributed by atoms with Crippen molar-refractivity contribution in [2.24, 2.45) is 5.92 Å². The molecular weight excluding hydrogens is 352 g/mol. The highest BCUT2D eigenvalue weighted by Gasteiger charge is 2.25. The number of methoxy groups -OCH3 is 1. The molecule has 4 N–H and O–H groups in total. The number of amides is 1. The molecule has 0 radical (unpaired) electrons. The summed E-state index contributed by atoms with van der Waals surface area (Å²) in [5.41, 5.74) is 9.65. The van der Waals surface area contributed by atoms with Crippen LogP contribution in [0.5, 0.6) is 5.75 Å². The first kappa shape index (κ1) is 20.1. The zero-order valence-corrected chi connectivity index (χ0v) is 16.9. The third-order valence-electron chi connectivity index (χ3n) is 5.66. The number of hydrogen-bond donors (Lipinski definition) is 3. The van der Waals surface area contributed by atoms with Gasteiger partial charge < -0.3 is 21.1 Å². The number of hydrogen-bond acceptors (Lipinski definition) is 5. The fourth-order valence-electron chi connectivity index (χ4n) is 3.94. The van der Waals surface area contributed by atoms with Crippen LogP contribution in [0.4, 0.5) is 5.82 Å². The lowest BCUT2D eigenvalue weighted by Gasteiger charge is -2.27. The van der Waals surface area contributed by atoms with Gasteiger partial charge in [-0.1, -0.05) is 6.07 Å². The van der Waals surface area contributed by atoms with E-state index in [1.807, 2.05) is 32.2 Å². The molecular formula is C22H30N4O2. The van der Waals surface area contributed by atoms with Crippen molar-refractivity contribution in [2.45, 2.75) is 45.2 Å². The van der Waals surface area contributed by atoms with E-state index in [-0.39, 0.29) is 11.8 Å². The molecule has 28 heavy (non-hydrogen) atoms. The highest BCUT2D eigenvalue weighted by molar-refractivity contribution is 5.79. The molecule has 1 aromatic heterocycles. The number of aromatic nitrogens is 1. The molecule has 0 bridgehead atoms. The monoisotopic (exact) mass is 382 g/mol. The number of anilines is 1. The molecule has 1 heterocycles. The maximum absolute atomic E-state index is 12.6. The first-order valence-electron chi connectivity index (χ1n) is 9.87. The Morgan fingerprint density at radius 3 is 2.61 bits per heavy atom. The van der Waals surface area contributed by atoms with Crippen LogP contribution in [0.2, 0.25) is 0 Å². The van der Waals surface area contributed by atoms with E-state index in [0.717, 1.165) is 53.8 Å². The first-order valence-corrected chi connectivity index (χ1v) is 9.87. The molecule has 1 fully saturated rings. The molecule has 0 spiro atoms. The van der Waals surface area contributed by atoms with Crippen LogP contribution in [0.3, 0.4) is 0 Å². The summed E-state index contributed by atoms with van der Waals surface area (Å²) in [5.74, 6) is 1.51. The number of nitrogens with two attached hydrogens (primary N) is 1. The van der Waals surface area contributed by atoms with Gasteiger partial charge in [0.15, 0.2) is 0 Å². The van der Waals surface area contributed by atoms with Crippen molar-refractivity contribution in [1.82, 2.24) is 15.6 Å². The van der Waals surface area contributed by atoms with Gasteiger partial charge in [-0.25, -0.2) is 4.98 Å². The van der Waals surface area contributed by atoms with Gasteiger partial charge in [0.05, 0.1) is 7.11 Å². The standard InChI is InChI=1S/C22H30N4O2/c1-14-19(9-11-21(23)26-14)16-6-10-20(28-3)17(12-16)13-25-22(27)15-4-7-18(24-2)8-5-15/h6,9-12,15,18,24H,4-5,7-8,13H2,1-3H3,(H2,23,26)(H,25,27). The highest BCUT2D eigenvalue weighted by Crippen LogP contribution is 2.29. The van der Waals surface area contributed by atoms with Gasteiger partial charge in [-0.15, -0.1) is 0 Å². The van der Waals surface area contributed by atoms with Crippen molar-refractivity contribution in [3.05, 3.63) is 41.6 Å². The Balaban J connectivity index is 1.71. The minimum absolute atomic E-state index is 0.0994. The first-order chi connectivity index (χ1) is 13.5. The van der Waals surface area contributed by atoms with Gasteiger partial charge in [-0.2, -0.15) is 0 Å². The maximum atomic E-state index is 12.6. The van der Waals surface area contributed by atoms with E-state index in [9.17, 15) is 4.79 Å². The Bertz CT molecular complexity index is 829. The molecule has 0 saturated heterocycles. The molecule has 0 atom stereocenters. The Kier molecular flexibility index (Phi) is 6.52. The Labute approximate surface area is 166 Å². The number of benzene rings is 1. The van der Waals surface area contributed by atoms with Gasteiger partial charge >= 0.3 is 0 Å². The van der Waals surface area contributed by atoms with Gasteiger partial charge in [-0.05, 0) is 69.5 Å². The van der Waals surface area contributed by atoms with Gasteiger partial charge in [0.25, 0.3) is 0 Å². The number of ether oxygens (including phenoxy) is 1. The number of nitrogens with zero attached hydrogens (tertiary/aromatic N) is 1. The fraction of sp³-hybridized carbons (Fsp3) is 0.455. The zero-order valence-electron chi connectivity index (χ0n) is 16.9. The second-order valence-corrected chi connectivity index (χ2v) is 7.45. The number of nitrogens with one attached hydrogen (secondary N) is 2. The molecule has 0 unspecified atom stereocenters. The molecule has 6 heteroatoms. The van der Waals surface area contributed by atoms with E-state index in [0.29, 0.717) is 18.4 Å². The molecule has 150 valence electrons. The van der Waals surface area contributed by atoms with Crippen LogP contribution in [-0.2, 0) is 11.3 Å². The highest BCUT2D eigenvalue weighted by atomic mass is 16.5. The molecule has 6 nitrogen and oxygen atoms in total. The Morgan fingerprint density at radius 2 is 1.96 bits per heavy atom. The van der Waals surface area contributed by atoms with E-state index in [4.69, 9.17) is 10.5 Å². The summed E-state index contributed by atoms with van der Waals surface area (Å²) < 4.78 is 5.50. The molecule has 1 aliphatic rings. The van der Waals surface area contributed by atoms with E-state index < -0.39 is 0 Å². The van der Waals surface area contributed by atoms with Gasteiger partial charge in [0, 0.05) is 35.3 Å². The SMILES string of the molecule is CNC1CCC(C(=O)NCc2cc(-c3ccc(N)nc3C)ccc2OC)CC1. The molecule has 0 aliphatic heterocycles. The summed E-state index contributed by atoms with van der Waals surface area (Å²) in [5, 5.41) is 6.41. The predicted molar refractivity (Wildman–Crippen MR) is 112 cm³/mol. The van der Waals surface area contributed by atoms with Crippen LogP contribution < -0.4 is 21.1 Å². The Morgan fingerprint density at radius 1 is 1.21 bits per heavy atom. The van der Waals surface area contributed by atoms with E-state index in [1.54, 1.807) is 13.2 Å². The largest absolute Gasteiger partial charge is 0.496 e. The minimum Gasteiger partial charge on any atom is -0.496 e. The average molecular weight is 383 g/mol. The van der Waals surface area contributed by atoms with Crippen LogP contribution in [0.25, 0.3) is 11.1 Å². The lowest BCUT2D eigenvalue weighted by atomic mass is 9.85. The normalized spacial score (nSPS) is 19.2. The second-order valence-electron chi connectivity index (χ2n) is 7.45. The summed E-state index contributed by atoms with van der Waals surface area (Å²) in [6.07, 6.45) is 3.98. The molecule has 1 aliphatic carbocycles. The van der Waals surface area contributed by atoms with Gasteiger partial charge in [0.1, 0.15) is 11.6 Å². The third-order valence-corrected chi connectivity index (χ3v) is 5.66. The third kappa shape index (κ3) is 4.62. The molecule has 1 amide bonds. The molecule has 3 rings (SSSR count). The average Bonchev–Trinajstić information content (AvgIpc) is 2.72. The van der Waals surface area contributed by atoms with Crippen molar-refractivity contribution in [3.8, 4) is 16.9 Å². The lowest BCUT2D eigenvalue weighted by molar-refractivity contribution is -0.126. The lowest BCUT2D eigenvalue weighted by Crippen LogP contribution is -2.37. The van der Waals surface area contributed by atoms with Crippen LogP contribution in [0, 0.1) is 12.8 Å². The van der Waals surface area contributed by atoms with Gasteiger partial charge in [0.2, 0.25) is 5.91 Å². The summed E-state index contributed by atoms with van der Waals surface area (Å²) >= 11 is 0. The van der Waals surface area contributed by atoms with Gasteiger partial charge in [-0.3, -0.25) is 4.79 Å². The minimum atomic E-state index is 0.0994. The number of carbonyl (C=O) groups is 1. The van der Waals surface area contributed by atoms with Crippen LogP contribution in [-0.4, -0.2) is 31.1 Å². The predicted octanol–water partition coefficient (Wildman–Crippen LogP) is 3.04. The van der Waals surface area contributed by atoms with Crippen LogP contribution in [0.1, 0.15) is 36.9 Å². The van der Waals surface area contributed by atoms with Crippen molar-refractivity contribution >= 4 is 11.7 Å². The number of aryl methyl sites for hydroxylation is 1. The summed E-state index contributed by atoms with van der Waals surface area (Å²) in [6, 6.07) is 10.3. The van der Waals surface area contributed by atoms with E-state index in [2.05, 4.69) is 21.7 Å². The van der Waals surface area contributed by atoms with Crippen molar-refractivity contribution in [1.29, 1.82) is 0 Å². The van der Waals surface area contributed by atoms with E-state index in [1.165, 1.54) is 0 Å². The Hall–Kier alpha value is -2.60. The quantitative estimate of drug-likeness (QED) is 0.715. The van der Waals surface area contributed by atoms with Crippen LogP contribution in [0.15, 0.2) is 30.3 Å². The molecule has 1 aromatic carbocycles. The number of carbonyl (C=O) groups excluding carboxylic acids is 1. The van der Waals surface area contributed by atoms with E-state index >= 15 is 0 Å². The summed E-state index contributed by atoms with van der Waals surface area (Å²) in [6.45, 7) is 2.39. The van der Waals surface area contributed by atoms with Crippen molar-refractivity contribution in [2.75, 3.05) is 19.9 Å².